The predicted octanol–water partition coefficient (Wildman–Crippen LogP) is 3.67. The van der Waals surface area contributed by atoms with E-state index in [2.05, 4.69) is 4.99 Å². The molecule has 1 fully saturated rings. The van der Waals surface area contributed by atoms with Crippen molar-refractivity contribution in [2.45, 2.75) is 30.5 Å². The first-order valence-corrected chi connectivity index (χ1v) is 5.37. The molecule has 1 aliphatic rings. The molecule has 0 N–H and O–H groups in total. The van der Waals surface area contributed by atoms with Crippen molar-refractivity contribution in [3.8, 4) is 0 Å². The molecule has 0 amide bonds. The van der Waals surface area contributed by atoms with Crippen LogP contribution in [0.15, 0.2) is 29.3 Å². The maximum absolute atomic E-state index is 13.0. The van der Waals surface area contributed by atoms with Gasteiger partial charge >= 0.3 is 12.1 Å². The van der Waals surface area contributed by atoms with Gasteiger partial charge in [0.25, 0.3) is 0 Å². The van der Waals surface area contributed by atoms with Gasteiger partial charge in [-0.25, -0.2) is 4.79 Å². The van der Waals surface area contributed by atoms with Crippen molar-refractivity contribution < 1.29 is 26.7 Å². The Hall–Kier alpha value is -1.75. The van der Waals surface area contributed by atoms with Crippen LogP contribution in [0.3, 0.4) is 0 Å². The minimum Gasteiger partial charge on any atom is -0.211 e. The number of hydrogen-bond acceptors (Lipinski definition) is 2. The molecule has 0 unspecified atom stereocenters. The highest BCUT2D eigenvalue weighted by Gasteiger charge is 2.58. The third-order valence-electron chi connectivity index (χ3n) is 3.12. The van der Waals surface area contributed by atoms with Gasteiger partial charge in [-0.2, -0.15) is 26.9 Å². The van der Waals surface area contributed by atoms with E-state index in [0.717, 1.165) is 12.1 Å². The summed E-state index contributed by atoms with van der Waals surface area (Å²) in [4.78, 5) is 13.8. The van der Waals surface area contributed by atoms with Gasteiger partial charge < -0.3 is 0 Å². The zero-order chi connectivity index (χ0) is 14.3. The van der Waals surface area contributed by atoms with E-state index in [1.807, 2.05) is 0 Å². The summed E-state index contributed by atoms with van der Waals surface area (Å²) >= 11 is 0. The molecule has 0 saturated heterocycles. The first-order chi connectivity index (χ1) is 8.73. The standard InChI is InChI=1S/C12H8F5NO/c13-11(14,12(15,16)17)9-3-1-8(2-4-9)10(5-6-10)18-7-19/h1-4H,5-6H2. The van der Waals surface area contributed by atoms with E-state index in [9.17, 15) is 26.7 Å². The van der Waals surface area contributed by atoms with Crippen LogP contribution in [0.5, 0.6) is 0 Å². The van der Waals surface area contributed by atoms with Crippen molar-refractivity contribution in [1.82, 2.24) is 0 Å². The summed E-state index contributed by atoms with van der Waals surface area (Å²) in [6, 6.07) is 3.71. The summed E-state index contributed by atoms with van der Waals surface area (Å²) < 4.78 is 62.6. The molecular formula is C12H8F5NO. The van der Waals surface area contributed by atoms with E-state index in [4.69, 9.17) is 0 Å². The van der Waals surface area contributed by atoms with Crippen LogP contribution in [-0.2, 0) is 16.3 Å². The first-order valence-electron chi connectivity index (χ1n) is 5.37. The molecule has 102 valence electrons. The number of nitrogens with zero attached hydrogens (tertiary/aromatic N) is 1. The second kappa shape index (κ2) is 4.13. The molecule has 7 heteroatoms. The highest BCUT2D eigenvalue weighted by Crippen LogP contribution is 2.50. The highest BCUT2D eigenvalue weighted by atomic mass is 19.4. The first kappa shape index (κ1) is 13.7. The molecule has 0 spiro atoms. The van der Waals surface area contributed by atoms with Gasteiger partial charge in [-0.05, 0) is 18.4 Å². The molecule has 1 aromatic carbocycles. The lowest BCUT2D eigenvalue weighted by Gasteiger charge is -2.20. The lowest BCUT2D eigenvalue weighted by Crippen LogP contribution is -2.33. The molecule has 1 saturated carbocycles. The molecule has 2 rings (SSSR count). The fourth-order valence-corrected chi connectivity index (χ4v) is 1.82. The lowest BCUT2D eigenvalue weighted by molar-refractivity contribution is -0.289. The van der Waals surface area contributed by atoms with Crippen LogP contribution in [0.2, 0.25) is 0 Å². The van der Waals surface area contributed by atoms with Crippen LogP contribution < -0.4 is 0 Å². The fraction of sp³-hybridized carbons (Fsp3) is 0.417. The van der Waals surface area contributed by atoms with Gasteiger partial charge in [-0.15, -0.1) is 0 Å². The van der Waals surface area contributed by atoms with Crippen LogP contribution in [0, 0.1) is 0 Å². The Balaban J connectivity index is 2.32. The molecule has 0 aromatic heterocycles. The summed E-state index contributed by atoms with van der Waals surface area (Å²) in [6.07, 6.45) is -3.14. The van der Waals surface area contributed by atoms with Crippen LogP contribution in [-0.4, -0.2) is 12.3 Å². The zero-order valence-corrected chi connectivity index (χ0v) is 9.47. The summed E-state index contributed by atoms with van der Waals surface area (Å²) in [7, 11) is 0. The maximum Gasteiger partial charge on any atom is 0.458 e. The number of isocyanates is 1. The van der Waals surface area contributed by atoms with E-state index >= 15 is 0 Å². The van der Waals surface area contributed by atoms with Gasteiger partial charge in [0.1, 0.15) is 0 Å². The molecule has 0 heterocycles. The fourth-order valence-electron chi connectivity index (χ4n) is 1.82. The Labute approximate surface area is 104 Å². The SMILES string of the molecule is O=C=NC1(c2ccc(C(F)(F)C(F)(F)F)cc2)CC1. The number of aliphatic imine (C=N–C) groups is 1. The Bertz CT molecular complexity index is 524. The Morgan fingerprint density at radius 2 is 1.58 bits per heavy atom. The molecule has 2 nitrogen and oxygen atoms in total. The Morgan fingerprint density at radius 1 is 1.05 bits per heavy atom. The molecule has 0 atom stereocenters. The maximum atomic E-state index is 13.0. The van der Waals surface area contributed by atoms with E-state index in [-0.39, 0.29) is 0 Å². The Morgan fingerprint density at radius 3 is 1.95 bits per heavy atom. The third kappa shape index (κ3) is 2.26. The number of carbonyl (C=O) groups excluding carboxylic acids is 1. The van der Waals surface area contributed by atoms with Gasteiger partial charge in [-0.1, -0.05) is 24.3 Å². The second-order valence-electron chi connectivity index (χ2n) is 4.38. The Kier molecular flexibility index (Phi) is 2.97. The van der Waals surface area contributed by atoms with E-state index in [1.165, 1.54) is 6.08 Å². The van der Waals surface area contributed by atoms with E-state index in [1.54, 1.807) is 0 Å². The van der Waals surface area contributed by atoms with Gasteiger partial charge in [0.15, 0.2) is 0 Å². The van der Waals surface area contributed by atoms with Crippen molar-refractivity contribution in [1.29, 1.82) is 0 Å². The average Bonchev–Trinajstić information content (AvgIpc) is 3.09. The lowest BCUT2D eigenvalue weighted by atomic mass is 10.0. The topological polar surface area (TPSA) is 29.4 Å². The average molecular weight is 277 g/mol. The van der Waals surface area contributed by atoms with Gasteiger partial charge in [0.05, 0.1) is 5.54 Å². The van der Waals surface area contributed by atoms with Gasteiger partial charge in [0, 0.05) is 5.56 Å². The second-order valence-corrected chi connectivity index (χ2v) is 4.38. The zero-order valence-electron chi connectivity index (χ0n) is 9.47. The van der Waals surface area contributed by atoms with Gasteiger partial charge in [-0.3, -0.25) is 0 Å². The van der Waals surface area contributed by atoms with Crippen LogP contribution in [0.4, 0.5) is 22.0 Å². The van der Waals surface area contributed by atoms with Crippen LogP contribution in [0.1, 0.15) is 24.0 Å². The molecule has 1 aliphatic carbocycles. The summed E-state index contributed by atoms with van der Waals surface area (Å²) in [5.41, 5.74) is -1.47. The number of rotatable bonds is 3. The molecule has 19 heavy (non-hydrogen) atoms. The van der Waals surface area contributed by atoms with Crippen molar-refractivity contribution in [2.75, 3.05) is 0 Å². The van der Waals surface area contributed by atoms with Crippen molar-refractivity contribution in [3.63, 3.8) is 0 Å². The number of alkyl halides is 5. The largest absolute Gasteiger partial charge is 0.458 e. The van der Waals surface area contributed by atoms with Crippen LogP contribution in [0.25, 0.3) is 0 Å². The van der Waals surface area contributed by atoms with E-state index < -0.39 is 23.2 Å². The minimum atomic E-state index is -5.63. The van der Waals surface area contributed by atoms with Crippen molar-refractivity contribution >= 4 is 6.08 Å². The quantitative estimate of drug-likeness (QED) is 0.471. The summed E-state index contributed by atoms with van der Waals surface area (Å²) in [5.74, 6) is -4.89. The molecule has 0 bridgehead atoms. The molecular weight excluding hydrogens is 269 g/mol. The summed E-state index contributed by atoms with van der Waals surface area (Å²) in [6.45, 7) is 0. The number of halogens is 5. The van der Waals surface area contributed by atoms with Gasteiger partial charge in [0.2, 0.25) is 6.08 Å². The van der Waals surface area contributed by atoms with Crippen LogP contribution >= 0.6 is 0 Å². The highest BCUT2D eigenvalue weighted by molar-refractivity contribution is 5.42. The normalized spacial score (nSPS) is 17.7. The minimum absolute atomic E-state index is 0.442. The molecule has 1 aromatic rings. The van der Waals surface area contributed by atoms with Crippen molar-refractivity contribution in [3.05, 3.63) is 35.4 Å². The molecule has 0 radical (unpaired) electrons. The van der Waals surface area contributed by atoms with Crippen molar-refractivity contribution in [2.24, 2.45) is 4.99 Å². The number of benzene rings is 1. The molecule has 0 aliphatic heterocycles. The van der Waals surface area contributed by atoms with E-state index in [0.29, 0.717) is 30.5 Å². The third-order valence-corrected chi connectivity index (χ3v) is 3.12. The number of hydrogen-bond donors (Lipinski definition) is 0. The predicted molar refractivity (Wildman–Crippen MR) is 55.4 cm³/mol. The smallest absolute Gasteiger partial charge is 0.211 e. The monoisotopic (exact) mass is 277 g/mol. The summed E-state index contributed by atoms with van der Waals surface area (Å²) in [5, 5.41) is 0.